The predicted molar refractivity (Wildman–Crippen MR) is 147 cm³/mol. The van der Waals surface area contributed by atoms with Crippen molar-refractivity contribution >= 4 is 40.8 Å². The van der Waals surface area contributed by atoms with E-state index in [0.717, 1.165) is 49.0 Å². The lowest BCUT2D eigenvalue weighted by molar-refractivity contribution is 0.0746. The second-order valence-electron chi connectivity index (χ2n) is 8.87. The van der Waals surface area contributed by atoms with Crippen molar-refractivity contribution in [2.75, 3.05) is 69.4 Å². The molecule has 2 aliphatic rings. The third kappa shape index (κ3) is 6.29. The topological polar surface area (TPSA) is 71.0 Å². The molecule has 0 N–H and O–H groups in total. The highest BCUT2D eigenvalue weighted by atomic mass is 35.5. The molecule has 5 rings (SSSR count). The number of carbonyl (C=O) groups excluding carboxylic acids is 1. The molecule has 2 fully saturated rings. The van der Waals surface area contributed by atoms with Gasteiger partial charge in [0.2, 0.25) is 0 Å². The van der Waals surface area contributed by atoms with Crippen LogP contribution >= 0.6 is 23.4 Å². The first-order valence-electron chi connectivity index (χ1n) is 12.4. The molecule has 2 aliphatic heterocycles. The van der Waals surface area contributed by atoms with Crippen molar-refractivity contribution in [1.82, 2.24) is 14.9 Å². The Balaban J connectivity index is 1.16. The fraction of sp³-hybridized carbons (Fsp3) is 0.370. The number of halogens is 1. The van der Waals surface area contributed by atoms with E-state index in [1.165, 1.54) is 11.8 Å². The molecule has 1 amide bonds. The monoisotopic (exact) mass is 539 g/mol. The lowest BCUT2D eigenvalue weighted by atomic mass is 10.1. The van der Waals surface area contributed by atoms with Gasteiger partial charge in [-0.25, -0.2) is 9.97 Å². The lowest BCUT2D eigenvalue weighted by Gasteiger charge is -2.36. The number of benzene rings is 2. The number of morpholine rings is 1. The first-order chi connectivity index (χ1) is 18.1. The van der Waals surface area contributed by atoms with Crippen molar-refractivity contribution in [3.05, 3.63) is 70.9 Å². The number of hydrogen-bond acceptors (Lipinski definition) is 8. The van der Waals surface area contributed by atoms with Crippen LogP contribution in [-0.4, -0.2) is 80.4 Å². The number of ether oxygens (including phenoxy) is 2. The number of rotatable bonds is 7. The average Bonchev–Trinajstić information content (AvgIpc) is 2.96. The Hall–Kier alpha value is -3.01. The number of thioether (sulfide) groups is 1. The molecule has 37 heavy (non-hydrogen) atoms. The Morgan fingerprint density at radius 3 is 2.43 bits per heavy atom. The number of para-hydroxylation sites is 2. The molecular formula is C27H30ClN5O3S. The fourth-order valence-corrected chi connectivity index (χ4v) is 5.56. The Bertz CT molecular complexity index is 1210. The summed E-state index contributed by atoms with van der Waals surface area (Å²) in [6.07, 6.45) is 0. The molecule has 2 saturated heterocycles. The van der Waals surface area contributed by atoms with Gasteiger partial charge in [0.1, 0.15) is 16.7 Å². The third-order valence-electron chi connectivity index (χ3n) is 6.56. The van der Waals surface area contributed by atoms with E-state index >= 15 is 0 Å². The van der Waals surface area contributed by atoms with Crippen LogP contribution in [0, 0.1) is 0 Å². The van der Waals surface area contributed by atoms with Crippen molar-refractivity contribution in [3.8, 4) is 5.75 Å². The number of aromatic nitrogens is 2. The number of anilines is 2. The number of methoxy groups -OCH3 is 1. The molecule has 0 unspecified atom stereocenters. The molecule has 8 nitrogen and oxygen atoms in total. The van der Waals surface area contributed by atoms with Crippen LogP contribution in [0.2, 0.25) is 5.15 Å². The zero-order chi connectivity index (χ0) is 25.6. The van der Waals surface area contributed by atoms with Gasteiger partial charge < -0.3 is 24.2 Å². The Morgan fingerprint density at radius 2 is 1.70 bits per heavy atom. The van der Waals surface area contributed by atoms with Crippen LogP contribution < -0.4 is 14.5 Å². The summed E-state index contributed by atoms with van der Waals surface area (Å²) in [5.41, 5.74) is 2.87. The van der Waals surface area contributed by atoms with Gasteiger partial charge in [-0.05, 0) is 29.8 Å². The zero-order valence-corrected chi connectivity index (χ0v) is 22.4. The molecule has 1 aromatic heterocycles. The third-order valence-corrected chi connectivity index (χ3v) is 7.67. The minimum Gasteiger partial charge on any atom is -0.495 e. The van der Waals surface area contributed by atoms with Crippen LogP contribution in [0.4, 0.5) is 11.5 Å². The Morgan fingerprint density at radius 1 is 0.973 bits per heavy atom. The highest BCUT2D eigenvalue weighted by Crippen LogP contribution is 2.29. The normalized spacial score (nSPS) is 16.1. The van der Waals surface area contributed by atoms with E-state index in [9.17, 15) is 4.79 Å². The van der Waals surface area contributed by atoms with E-state index in [2.05, 4.69) is 25.8 Å². The SMILES string of the molecule is COc1ccccc1N1CCN(C(=O)c2ccc(CSc3nc(Cl)cc(N4CCOCC4)n3)cc2)CC1. The minimum atomic E-state index is 0.0622. The Kier molecular flexibility index (Phi) is 8.33. The maximum atomic E-state index is 13.1. The second-order valence-corrected chi connectivity index (χ2v) is 10.2. The molecule has 0 radical (unpaired) electrons. The van der Waals surface area contributed by atoms with Gasteiger partial charge in [-0.2, -0.15) is 0 Å². The largest absolute Gasteiger partial charge is 0.495 e. The Labute approximate surface area is 226 Å². The lowest BCUT2D eigenvalue weighted by Crippen LogP contribution is -2.48. The van der Waals surface area contributed by atoms with E-state index < -0.39 is 0 Å². The first-order valence-corrected chi connectivity index (χ1v) is 13.7. The second kappa shape index (κ2) is 12.0. The van der Waals surface area contributed by atoms with Crippen molar-refractivity contribution in [3.63, 3.8) is 0 Å². The summed E-state index contributed by atoms with van der Waals surface area (Å²) in [4.78, 5) is 28.5. The molecule has 3 aromatic rings. The van der Waals surface area contributed by atoms with Crippen LogP contribution in [0.15, 0.2) is 59.8 Å². The quantitative estimate of drug-likeness (QED) is 0.251. The van der Waals surface area contributed by atoms with Gasteiger partial charge >= 0.3 is 0 Å². The average molecular weight is 540 g/mol. The number of hydrogen-bond donors (Lipinski definition) is 0. The highest BCUT2D eigenvalue weighted by molar-refractivity contribution is 7.98. The van der Waals surface area contributed by atoms with Crippen molar-refractivity contribution in [2.45, 2.75) is 10.9 Å². The van der Waals surface area contributed by atoms with Crippen molar-refractivity contribution in [1.29, 1.82) is 0 Å². The predicted octanol–water partition coefficient (Wildman–Crippen LogP) is 4.23. The van der Waals surface area contributed by atoms with Crippen LogP contribution in [-0.2, 0) is 10.5 Å². The molecular weight excluding hydrogens is 510 g/mol. The molecule has 2 aromatic carbocycles. The summed E-state index contributed by atoms with van der Waals surface area (Å²) in [5.74, 6) is 2.44. The van der Waals surface area contributed by atoms with Gasteiger partial charge in [0.15, 0.2) is 5.16 Å². The van der Waals surface area contributed by atoms with Crippen molar-refractivity contribution in [2.24, 2.45) is 0 Å². The van der Waals surface area contributed by atoms with Gasteiger partial charge in [-0.3, -0.25) is 4.79 Å². The van der Waals surface area contributed by atoms with E-state index in [0.29, 0.717) is 47.9 Å². The summed E-state index contributed by atoms with van der Waals surface area (Å²) in [6.45, 7) is 5.85. The standard InChI is InChI=1S/C27H30ClN5O3S/c1-35-23-5-3-2-4-22(23)31-10-12-33(13-11-31)26(34)21-8-6-20(7-9-21)19-37-27-29-24(28)18-25(30-27)32-14-16-36-17-15-32/h2-9,18H,10-17,19H2,1H3. The van der Waals surface area contributed by atoms with E-state index in [1.807, 2.05) is 47.4 Å². The molecule has 10 heteroatoms. The van der Waals surface area contributed by atoms with E-state index in [4.69, 9.17) is 21.1 Å². The minimum absolute atomic E-state index is 0.0622. The molecule has 194 valence electrons. The van der Waals surface area contributed by atoms with Crippen molar-refractivity contribution < 1.29 is 14.3 Å². The van der Waals surface area contributed by atoms with Crippen LogP contribution in [0.1, 0.15) is 15.9 Å². The van der Waals surface area contributed by atoms with Gasteiger partial charge in [-0.15, -0.1) is 0 Å². The summed E-state index contributed by atoms with van der Waals surface area (Å²) in [7, 11) is 1.69. The van der Waals surface area contributed by atoms with Crippen LogP contribution in [0.3, 0.4) is 0 Å². The van der Waals surface area contributed by atoms with Gasteiger partial charge in [0.05, 0.1) is 26.0 Å². The van der Waals surface area contributed by atoms with E-state index in [-0.39, 0.29) is 5.91 Å². The maximum Gasteiger partial charge on any atom is 0.253 e. The van der Waals surface area contributed by atoms with Crippen LogP contribution in [0.25, 0.3) is 0 Å². The van der Waals surface area contributed by atoms with Crippen LogP contribution in [0.5, 0.6) is 5.75 Å². The van der Waals surface area contributed by atoms with E-state index in [1.54, 1.807) is 13.2 Å². The summed E-state index contributed by atoms with van der Waals surface area (Å²) in [6, 6.07) is 17.6. The van der Waals surface area contributed by atoms with Gasteiger partial charge in [0.25, 0.3) is 5.91 Å². The van der Waals surface area contributed by atoms with Gasteiger partial charge in [-0.1, -0.05) is 47.6 Å². The molecule has 0 aliphatic carbocycles. The number of carbonyl (C=O) groups is 1. The maximum absolute atomic E-state index is 13.1. The first kappa shape index (κ1) is 25.6. The number of amides is 1. The number of nitrogens with zero attached hydrogens (tertiary/aromatic N) is 5. The molecule has 0 saturated carbocycles. The summed E-state index contributed by atoms with van der Waals surface area (Å²) >= 11 is 7.80. The summed E-state index contributed by atoms with van der Waals surface area (Å²) in [5, 5.41) is 1.08. The van der Waals surface area contributed by atoms with Gasteiger partial charge in [0, 0.05) is 56.7 Å². The molecule has 3 heterocycles. The highest BCUT2D eigenvalue weighted by Gasteiger charge is 2.23. The molecule has 0 spiro atoms. The molecule has 0 atom stereocenters. The smallest absolute Gasteiger partial charge is 0.253 e. The molecule has 0 bridgehead atoms. The fourth-order valence-electron chi connectivity index (χ4n) is 4.52. The number of piperazine rings is 1. The zero-order valence-electron chi connectivity index (χ0n) is 20.8. The summed E-state index contributed by atoms with van der Waals surface area (Å²) < 4.78 is 10.9.